The molecule has 8 heteroatoms. The normalized spacial score (nSPS) is 12.1. The van der Waals surface area contributed by atoms with E-state index >= 15 is 0 Å². The minimum atomic E-state index is -4.04. The van der Waals surface area contributed by atoms with E-state index in [1.54, 1.807) is 25.1 Å². The Balaban J connectivity index is 2.41. The van der Waals surface area contributed by atoms with Crippen molar-refractivity contribution in [3.8, 4) is 0 Å². The summed E-state index contributed by atoms with van der Waals surface area (Å²) in [4.78, 5) is 24.2. The number of sulfonamides is 1. The van der Waals surface area contributed by atoms with Gasteiger partial charge in [-0.05, 0) is 50.1 Å². The van der Waals surface area contributed by atoms with Crippen LogP contribution < -0.4 is 10.0 Å². The van der Waals surface area contributed by atoms with Crippen molar-refractivity contribution < 1.29 is 22.7 Å². The maximum Gasteiger partial charge on any atom is 0.337 e. The maximum atomic E-state index is 12.9. The van der Waals surface area contributed by atoms with Crippen molar-refractivity contribution in [3.05, 3.63) is 59.2 Å². The van der Waals surface area contributed by atoms with E-state index < -0.39 is 16.0 Å². The van der Waals surface area contributed by atoms with E-state index in [1.165, 1.54) is 31.4 Å². The Labute approximate surface area is 165 Å². The number of rotatable bonds is 7. The van der Waals surface area contributed by atoms with Crippen molar-refractivity contribution in [2.24, 2.45) is 0 Å². The van der Waals surface area contributed by atoms with Crippen molar-refractivity contribution in [3.63, 3.8) is 0 Å². The number of hydrogen-bond donors (Lipinski definition) is 2. The summed E-state index contributed by atoms with van der Waals surface area (Å²) in [5, 5.41) is 2.82. The third-order valence-electron chi connectivity index (χ3n) is 4.30. The van der Waals surface area contributed by atoms with E-state index in [9.17, 15) is 18.0 Å². The van der Waals surface area contributed by atoms with Gasteiger partial charge >= 0.3 is 5.97 Å². The monoisotopic (exact) mass is 404 g/mol. The first-order chi connectivity index (χ1) is 13.2. The van der Waals surface area contributed by atoms with Crippen LogP contribution in [-0.2, 0) is 14.8 Å². The summed E-state index contributed by atoms with van der Waals surface area (Å²) in [5.41, 5.74) is 0.956. The van der Waals surface area contributed by atoms with Gasteiger partial charge < -0.3 is 10.1 Å². The molecule has 2 aromatic rings. The Kier molecular flexibility index (Phi) is 6.80. The molecule has 0 aliphatic carbocycles. The van der Waals surface area contributed by atoms with Crippen LogP contribution >= 0.6 is 0 Å². The Morgan fingerprint density at radius 3 is 2.46 bits per heavy atom. The summed E-state index contributed by atoms with van der Waals surface area (Å²) < 4.78 is 33.0. The van der Waals surface area contributed by atoms with E-state index in [-0.39, 0.29) is 33.7 Å². The highest BCUT2D eigenvalue weighted by atomic mass is 32.2. The smallest absolute Gasteiger partial charge is 0.337 e. The molecule has 28 heavy (non-hydrogen) atoms. The van der Waals surface area contributed by atoms with E-state index in [4.69, 9.17) is 0 Å². The predicted molar refractivity (Wildman–Crippen MR) is 107 cm³/mol. The molecular weight excluding hydrogens is 380 g/mol. The largest absolute Gasteiger partial charge is 0.465 e. The van der Waals surface area contributed by atoms with Crippen molar-refractivity contribution in [2.45, 2.75) is 38.1 Å². The van der Waals surface area contributed by atoms with Crippen LogP contribution in [0.25, 0.3) is 0 Å². The summed E-state index contributed by atoms with van der Waals surface area (Å²) in [5.74, 6) is -1.00. The fourth-order valence-electron chi connectivity index (χ4n) is 2.51. The molecule has 0 aliphatic rings. The van der Waals surface area contributed by atoms with E-state index in [1.807, 2.05) is 13.8 Å². The Hall–Kier alpha value is -2.87. The third-order valence-corrected chi connectivity index (χ3v) is 5.81. The molecule has 150 valence electrons. The van der Waals surface area contributed by atoms with E-state index in [0.717, 1.165) is 6.42 Å². The molecule has 0 fully saturated rings. The van der Waals surface area contributed by atoms with Crippen LogP contribution in [0.4, 0.5) is 5.69 Å². The van der Waals surface area contributed by atoms with Gasteiger partial charge in [-0.2, -0.15) is 0 Å². The van der Waals surface area contributed by atoms with Gasteiger partial charge in [0.15, 0.2) is 0 Å². The molecule has 1 atom stereocenters. The second kappa shape index (κ2) is 8.88. The highest BCUT2D eigenvalue weighted by molar-refractivity contribution is 7.92. The van der Waals surface area contributed by atoms with Crippen LogP contribution in [0.15, 0.2) is 47.4 Å². The average Bonchev–Trinajstić information content (AvgIpc) is 2.67. The number of esters is 1. The molecule has 0 saturated heterocycles. The zero-order chi connectivity index (χ0) is 20.9. The second-order valence-corrected chi connectivity index (χ2v) is 8.06. The van der Waals surface area contributed by atoms with E-state index in [2.05, 4.69) is 14.8 Å². The van der Waals surface area contributed by atoms with Crippen molar-refractivity contribution in [1.29, 1.82) is 0 Å². The number of amides is 1. The number of hydrogen-bond acceptors (Lipinski definition) is 5. The predicted octanol–water partition coefficient (Wildman–Crippen LogP) is 3.11. The van der Waals surface area contributed by atoms with Gasteiger partial charge in [-0.15, -0.1) is 0 Å². The molecule has 0 aromatic heterocycles. The number of benzene rings is 2. The van der Waals surface area contributed by atoms with Crippen LogP contribution in [0.1, 0.15) is 46.5 Å². The van der Waals surface area contributed by atoms with Gasteiger partial charge in [0.05, 0.1) is 28.8 Å². The first kappa shape index (κ1) is 21.4. The zero-order valence-corrected chi connectivity index (χ0v) is 17.1. The molecule has 0 heterocycles. The van der Waals surface area contributed by atoms with Gasteiger partial charge in [-0.25, -0.2) is 13.2 Å². The lowest BCUT2D eigenvalue weighted by molar-refractivity contribution is 0.0600. The summed E-state index contributed by atoms with van der Waals surface area (Å²) in [6.45, 7) is 5.43. The summed E-state index contributed by atoms with van der Waals surface area (Å²) in [6.07, 6.45) is 0.749. The van der Waals surface area contributed by atoms with Gasteiger partial charge in [0, 0.05) is 6.04 Å². The summed E-state index contributed by atoms with van der Waals surface area (Å²) in [7, 11) is -2.81. The number of carbonyl (C=O) groups excluding carboxylic acids is 2. The lowest BCUT2D eigenvalue weighted by atomic mass is 10.1. The Bertz CT molecular complexity index is 986. The van der Waals surface area contributed by atoms with E-state index in [0.29, 0.717) is 5.56 Å². The summed E-state index contributed by atoms with van der Waals surface area (Å²) >= 11 is 0. The Morgan fingerprint density at radius 1 is 1.14 bits per heavy atom. The first-order valence-corrected chi connectivity index (χ1v) is 10.3. The second-order valence-electron chi connectivity index (χ2n) is 6.41. The fourth-order valence-corrected chi connectivity index (χ4v) is 3.86. The lowest BCUT2D eigenvalue weighted by Crippen LogP contribution is -2.32. The van der Waals surface area contributed by atoms with Crippen molar-refractivity contribution in [2.75, 3.05) is 11.8 Å². The standard InChI is InChI=1S/C20H24N2O5S/c1-5-14(3)21-19(23)16-8-6-7-9-17(16)22-28(25,26)18-12-15(20(24)27-4)11-10-13(18)2/h6-12,14,22H,5H2,1-4H3,(H,21,23)/t14-/m1/s1. The lowest BCUT2D eigenvalue weighted by Gasteiger charge is -2.16. The molecule has 0 radical (unpaired) electrons. The first-order valence-electron chi connectivity index (χ1n) is 8.81. The number of para-hydroxylation sites is 1. The van der Waals surface area contributed by atoms with Gasteiger partial charge in [-0.3, -0.25) is 9.52 Å². The number of carbonyl (C=O) groups is 2. The molecule has 0 aliphatic heterocycles. The highest BCUT2D eigenvalue weighted by Crippen LogP contribution is 2.23. The minimum absolute atomic E-state index is 0.0452. The SMILES string of the molecule is CC[C@@H](C)NC(=O)c1ccccc1NS(=O)(=O)c1cc(C(=O)OC)ccc1C. The number of aryl methyl sites for hydroxylation is 1. The van der Waals surface area contributed by atoms with Gasteiger partial charge in [0.2, 0.25) is 0 Å². The van der Waals surface area contributed by atoms with Crippen molar-refractivity contribution >= 4 is 27.6 Å². The van der Waals surface area contributed by atoms with Gasteiger partial charge in [0.25, 0.3) is 15.9 Å². The minimum Gasteiger partial charge on any atom is -0.465 e. The molecule has 0 spiro atoms. The third kappa shape index (κ3) is 4.89. The number of anilines is 1. The molecule has 0 saturated carbocycles. The van der Waals surface area contributed by atoms with Gasteiger partial charge in [-0.1, -0.05) is 25.1 Å². The maximum absolute atomic E-state index is 12.9. The Morgan fingerprint density at radius 2 is 1.82 bits per heavy atom. The highest BCUT2D eigenvalue weighted by Gasteiger charge is 2.22. The quantitative estimate of drug-likeness (QED) is 0.691. The molecule has 2 N–H and O–H groups in total. The van der Waals surface area contributed by atoms with Crippen LogP contribution in [0.2, 0.25) is 0 Å². The molecule has 1 amide bonds. The fraction of sp³-hybridized carbons (Fsp3) is 0.300. The number of ether oxygens (including phenoxy) is 1. The zero-order valence-electron chi connectivity index (χ0n) is 16.3. The van der Waals surface area contributed by atoms with Gasteiger partial charge in [0.1, 0.15) is 0 Å². The molecule has 0 bridgehead atoms. The van der Waals surface area contributed by atoms with Crippen molar-refractivity contribution in [1.82, 2.24) is 5.32 Å². The van der Waals surface area contributed by atoms with Crippen LogP contribution in [-0.4, -0.2) is 33.4 Å². The molecule has 0 unspecified atom stereocenters. The molecule has 2 rings (SSSR count). The average molecular weight is 404 g/mol. The van der Waals surface area contributed by atoms with Crippen LogP contribution in [0.3, 0.4) is 0 Å². The number of nitrogens with one attached hydrogen (secondary N) is 2. The van der Waals surface area contributed by atoms with Crippen LogP contribution in [0, 0.1) is 6.92 Å². The topological polar surface area (TPSA) is 102 Å². The molecule has 2 aromatic carbocycles. The van der Waals surface area contributed by atoms with Crippen LogP contribution in [0.5, 0.6) is 0 Å². The number of methoxy groups -OCH3 is 1. The summed E-state index contributed by atoms with van der Waals surface area (Å²) in [6, 6.07) is 10.6. The molecular formula is C20H24N2O5S. The molecule has 7 nitrogen and oxygen atoms in total.